The molecule has 5 atom stereocenters. The van der Waals surface area contributed by atoms with Crippen molar-refractivity contribution >= 4 is 17.9 Å². The van der Waals surface area contributed by atoms with Crippen LogP contribution in [0.25, 0.3) is 0 Å². The van der Waals surface area contributed by atoms with Crippen LogP contribution < -0.4 is 0 Å². The number of carboxylic acids is 1. The molecular formula is C22H34O7. The molecule has 164 valence electrons. The highest BCUT2D eigenvalue weighted by atomic mass is 16.6. The molecule has 2 aliphatic carbocycles. The number of rotatable bonds is 7. The van der Waals surface area contributed by atoms with Gasteiger partial charge in [-0.3, -0.25) is 9.59 Å². The van der Waals surface area contributed by atoms with E-state index < -0.39 is 42.5 Å². The lowest BCUT2D eigenvalue weighted by molar-refractivity contribution is -0.188. The Balaban J connectivity index is 2.42. The van der Waals surface area contributed by atoms with E-state index in [1.165, 1.54) is 7.11 Å². The first-order valence-corrected chi connectivity index (χ1v) is 10.2. The van der Waals surface area contributed by atoms with Gasteiger partial charge >= 0.3 is 17.9 Å². The van der Waals surface area contributed by atoms with Crippen molar-refractivity contribution in [2.24, 2.45) is 22.7 Å². The Hall–Kier alpha value is -1.89. The third-order valence-electron chi connectivity index (χ3n) is 6.98. The molecule has 2 fully saturated rings. The van der Waals surface area contributed by atoms with E-state index in [2.05, 4.69) is 27.4 Å². The van der Waals surface area contributed by atoms with Gasteiger partial charge in [-0.05, 0) is 42.6 Å². The first-order chi connectivity index (χ1) is 13.5. The second-order valence-corrected chi connectivity index (χ2v) is 9.28. The summed E-state index contributed by atoms with van der Waals surface area (Å²) >= 11 is 0. The van der Waals surface area contributed by atoms with Gasteiger partial charge in [-0.25, -0.2) is 4.79 Å². The number of aliphatic carboxylic acids is 1. The van der Waals surface area contributed by atoms with Crippen LogP contribution in [0.4, 0.5) is 0 Å². The van der Waals surface area contributed by atoms with Crippen molar-refractivity contribution in [3.8, 4) is 0 Å². The summed E-state index contributed by atoms with van der Waals surface area (Å²) in [5, 5.41) is 9.26. The molecule has 1 N–H and O–H groups in total. The molecule has 0 saturated heterocycles. The van der Waals surface area contributed by atoms with Crippen LogP contribution in [0.2, 0.25) is 0 Å². The molecule has 7 nitrogen and oxygen atoms in total. The monoisotopic (exact) mass is 410 g/mol. The number of hydrogen-bond donors (Lipinski definition) is 1. The van der Waals surface area contributed by atoms with Crippen LogP contribution in [0, 0.1) is 22.7 Å². The third kappa shape index (κ3) is 4.65. The lowest BCUT2D eigenvalue weighted by Gasteiger charge is -2.57. The van der Waals surface area contributed by atoms with Gasteiger partial charge in [0, 0.05) is 5.41 Å². The molecule has 2 aliphatic rings. The summed E-state index contributed by atoms with van der Waals surface area (Å²) in [5.41, 5.74) is 0.737. The zero-order valence-corrected chi connectivity index (χ0v) is 18.2. The van der Waals surface area contributed by atoms with Crippen LogP contribution in [0.1, 0.15) is 59.3 Å². The van der Waals surface area contributed by atoms with Gasteiger partial charge in [0.05, 0.1) is 26.7 Å². The highest BCUT2D eigenvalue weighted by Gasteiger charge is 2.55. The zero-order valence-electron chi connectivity index (χ0n) is 18.2. The van der Waals surface area contributed by atoms with Crippen molar-refractivity contribution in [2.45, 2.75) is 71.5 Å². The number of esters is 2. The SMILES string of the molecule is C=C1CC[C@H]2C(C)(C)CCC[C@]2(C)[C@H]1O[C@H](C(=O)OC)[C@@H](CC(=O)O)C(=O)OC. The van der Waals surface area contributed by atoms with Gasteiger partial charge < -0.3 is 19.3 Å². The second kappa shape index (κ2) is 8.86. The summed E-state index contributed by atoms with van der Waals surface area (Å²) in [7, 11) is 2.35. The second-order valence-electron chi connectivity index (χ2n) is 9.28. The summed E-state index contributed by atoms with van der Waals surface area (Å²) in [6.07, 6.45) is 2.42. The summed E-state index contributed by atoms with van der Waals surface area (Å²) in [4.78, 5) is 36.2. The van der Waals surface area contributed by atoms with Gasteiger partial charge in [-0.1, -0.05) is 33.8 Å². The molecule has 0 aromatic rings. The molecule has 2 rings (SSSR count). The Morgan fingerprint density at radius 1 is 1.14 bits per heavy atom. The van der Waals surface area contributed by atoms with Crippen LogP contribution in [0.5, 0.6) is 0 Å². The number of methoxy groups -OCH3 is 2. The van der Waals surface area contributed by atoms with Crippen molar-refractivity contribution in [1.29, 1.82) is 0 Å². The van der Waals surface area contributed by atoms with Crippen LogP contribution in [-0.4, -0.2) is 49.4 Å². The van der Waals surface area contributed by atoms with Crippen molar-refractivity contribution in [3.05, 3.63) is 12.2 Å². The number of carboxylic acid groups (broad SMARTS) is 1. The summed E-state index contributed by atoms with van der Waals surface area (Å²) in [5.74, 6) is -3.74. The molecule has 0 aromatic heterocycles. The average Bonchev–Trinajstić information content (AvgIpc) is 2.64. The number of carbonyl (C=O) groups excluding carboxylic acids is 2. The predicted octanol–water partition coefficient (Wildman–Crippen LogP) is 3.36. The normalized spacial score (nSPS) is 30.6. The van der Waals surface area contributed by atoms with E-state index in [9.17, 15) is 19.5 Å². The summed E-state index contributed by atoms with van der Waals surface area (Å²) < 4.78 is 15.9. The minimum absolute atomic E-state index is 0.124. The molecular weight excluding hydrogens is 376 g/mol. The van der Waals surface area contributed by atoms with Gasteiger partial charge in [-0.15, -0.1) is 0 Å². The molecule has 0 aromatic carbocycles. The molecule has 0 heterocycles. The Morgan fingerprint density at radius 3 is 2.31 bits per heavy atom. The number of ether oxygens (including phenoxy) is 3. The minimum atomic E-state index is -1.37. The van der Waals surface area contributed by atoms with Crippen molar-refractivity contribution < 1.29 is 33.7 Å². The molecule has 0 aliphatic heterocycles. The van der Waals surface area contributed by atoms with E-state index in [1.54, 1.807) is 0 Å². The maximum absolute atomic E-state index is 12.5. The van der Waals surface area contributed by atoms with Gasteiger partial charge in [-0.2, -0.15) is 0 Å². The quantitative estimate of drug-likeness (QED) is 0.507. The maximum Gasteiger partial charge on any atom is 0.335 e. The average molecular weight is 411 g/mol. The molecule has 7 heteroatoms. The van der Waals surface area contributed by atoms with Gasteiger partial charge in [0.1, 0.15) is 5.92 Å². The fraction of sp³-hybridized carbons (Fsp3) is 0.773. The summed E-state index contributed by atoms with van der Waals surface area (Å²) in [6.45, 7) is 10.9. The molecule has 2 saturated carbocycles. The Kier molecular flexibility index (Phi) is 7.14. The van der Waals surface area contributed by atoms with Crippen LogP contribution in [-0.2, 0) is 28.6 Å². The maximum atomic E-state index is 12.5. The molecule has 0 amide bonds. The van der Waals surface area contributed by atoms with E-state index in [1.807, 2.05) is 0 Å². The van der Waals surface area contributed by atoms with Crippen LogP contribution >= 0.6 is 0 Å². The summed E-state index contributed by atoms with van der Waals surface area (Å²) in [6, 6.07) is 0. The van der Waals surface area contributed by atoms with Crippen molar-refractivity contribution in [1.82, 2.24) is 0 Å². The van der Waals surface area contributed by atoms with E-state index in [0.29, 0.717) is 5.92 Å². The van der Waals surface area contributed by atoms with E-state index >= 15 is 0 Å². The highest BCUT2D eigenvalue weighted by molar-refractivity contribution is 5.87. The number of hydrogen-bond acceptors (Lipinski definition) is 6. The predicted molar refractivity (Wildman–Crippen MR) is 106 cm³/mol. The first kappa shape index (κ1) is 23.4. The molecule has 0 spiro atoms. The zero-order chi connectivity index (χ0) is 22.0. The standard InChI is InChI=1S/C22H34O7/c1-13-8-9-15-21(2,3)10-7-11-22(15,4)18(13)29-17(20(26)28-6)14(12-16(23)24)19(25)27-5/h14-15,17-18H,1,7-12H2,2-6H3,(H,23,24)/t14-,15+,17+,18+,22+/m1/s1. The van der Waals surface area contributed by atoms with Crippen molar-refractivity contribution in [2.75, 3.05) is 14.2 Å². The molecule has 0 bridgehead atoms. The number of fused-ring (bicyclic) bond motifs is 1. The fourth-order valence-corrected chi connectivity index (χ4v) is 5.61. The van der Waals surface area contributed by atoms with Crippen LogP contribution in [0.3, 0.4) is 0 Å². The smallest absolute Gasteiger partial charge is 0.335 e. The lowest BCUT2D eigenvalue weighted by Crippen LogP contribution is -2.55. The van der Waals surface area contributed by atoms with Gasteiger partial charge in [0.15, 0.2) is 6.10 Å². The Labute approximate surface area is 172 Å². The largest absolute Gasteiger partial charge is 0.481 e. The molecule has 29 heavy (non-hydrogen) atoms. The molecule has 0 radical (unpaired) electrons. The minimum Gasteiger partial charge on any atom is -0.481 e. The fourth-order valence-electron chi connectivity index (χ4n) is 5.61. The number of carbonyl (C=O) groups is 3. The third-order valence-corrected chi connectivity index (χ3v) is 6.98. The molecule has 0 unspecified atom stereocenters. The van der Waals surface area contributed by atoms with Gasteiger partial charge in [0.25, 0.3) is 0 Å². The topological polar surface area (TPSA) is 99.1 Å². The van der Waals surface area contributed by atoms with E-state index in [4.69, 9.17) is 14.2 Å². The van der Waals surface area contributed by atoms with Crippen LogP contribution in [0.15, 0.2) is 12.2 Å². The Bertz CT molecular complexity index is 668. The van der Waals surface area contributed by atoms with Crippen molar-refractivity contribution in [3.63, 3.8) is 0 Å². The highest BCUT2D eigenvalue weighted by Crippen LogP contribution is 2.59. The van der Waals surface area contributed by atoms with Gasteiger partial charge in [0.2, 0.25) is 0 Å². The Morgan fingerprint density at radius 2 is 1.76 bits per heavy atom. The van der Waals surface area contributed by atoms with E-state index in [-0.39, 0.29) is 10.8 Å². The van der Waals surface area contributed by atoms with E-state index in [0.717, 1.165) is 44.8 Å². The lowest BCUT2D eigenvalue weighted by atomic mass is 9.50. The first-order valence-electron chi connectivity index (χ1n) is 10.2.